The Labute approximate surface area is 103 Å². The van der Waals surface area contributed by atoms with Crippen molar-refractivity contribution in [1.82, 2.24) is 4.98 Å². The van der Waals surface area contributed by atoms with Crippen molar-refractivity contribution in [2.75, 3.05) is 0 Å². The maximum atomic E-state index is 12.1. The lowest BCUT2D eigenvalue weighted by atomic mass is 10.1. The van der Waals surface area contributed by atoms with E-state index in [0.717, 1.165) is 0 Å². The van der Waals surface area contributed by atoms with Gasteiger partial charge in [-0.05, 0) is 41.1 Å². The molecule has 0 bridgehead atoms. The van der Waals surface area contributed by atoms with Gasteiger partial charge < -0.3 is 4.74 Å². The summed E-state index contributed by atoms with van der Waals surface area (Å²) >= 11 is 1.79. The first-order valence-corrected chi connectivity index (χ1v) is 5.20. The number of rotatable bonds is 2. The Morgan fingerprint density at radius 3 is 2.69 bits per heavy atom. The Balaban J connectivity index is 3.20. The minimum Gasteiger partial charge on any atom is -0.387 e. The van der Waals surface area contributed by atoms with E-state index >= 15 is 0 Å². The molecule has 0 aliphatic carbocycles. The summed E-state index contributed by atoms with van der Waals surface area (Å²) in [6, 6.07) is 3.37. The van der Waals surface area contributed by atoms with E-state index in [1.54, 1.807) is 41.7 Å². The summed E-state index contributed by atoms with van der Waals surface area (Å²) in [6.07, 6.45) is -4.96. The predicted octanol–water partition coefficient (Wildman–Crippen LogP) is 2.96. The van der Waals surface area contributed by atoms with Crippen molar-refractivity contribution in [1.29, 1.82) is 5.26 Å². The van der Waals surface area contributed by atoms with Crippen LogP contribution in [0.3, 0.4) is 0 Å². The lowest BCUT2D eigenvalue weighted by Gasteiger charge is -2.12. The average Bonchev–Trinajstić information content (AvgIpc) is 2.08. The smallest absolute Gasteiger partial charge is 0.387 e. The van der Waals surface area contributed by atoms with Crippen molar-refractivity contribution in [2.24, 2.45) is 0 Å². The van der Waals surface area contributed by atoms with Gasteiger partial charge in [-0.15, -0.1) is 13.2 Å². The Morgan fingerprint density at radius 2 is 2.19 bits per heavy atom. The predicted molar refractivity (Wildman–Crippen MR) is 57.7 cm³/mol. The van der Waals surface area contributed by atoms with E-state index in [0.29, 0.717) is 9.26 Å². The van der Waals surface area contributed by atoms with Crippen LogP contribution in [0.25, 0.3) is 0 Å². The van der Waals surface area contributed by atoms with Crippen LogP contribution in [0.5, 0.6) is 5.88 Å². The molecule has 0 saturated heterocycles. The minimum absolute atomic E-state index is 0.166. The minimum atomic E-state index is -4.80. The molecule has 0 aliphatic rings. The van der Waals surface area contributed by atoms with E-state index in [4.69, 9.17) is 5.26 Å². The van der Waals surface area contributed by atoms with Gasteiger partial charge in [-0.25, -0.2) is 4.98 Å². The van der Waals surface area contributed by atoms with Gasteiger partial charge in [0.25, 0.3) is 0 Å². The van der Waals surface area contributed by atoms with E-state index < -0.39 is 12.2 Å². The highest BCUT2D eigenvalue weighted by atomic mass is 127. The van der Waals surface area contributed by atoms with Gasteiger partial charge in [0.05, 0.1) is 12.5 Å². The van der Waals surface area contributed by atoms with Crippen LogP contribution in [0.2, 0.25) is 0 Å². The molecule has 0 spiro atoms. The molecular formula is C9H6F3IN2O. The standard InChI is InChI=1S/C9H6F3IN2O/c1-5-4-7(13)15-8(6(5)2-3-14)16-9(10,11)12/h4H,2H2,1H3. The summed E-state index contributed by atoms with van der Waals surface area (Å²) in [5.41, 5.74) is 0.723. The molecule has 1 aromatic heterocycles. The molecule has 0 amide bonds. The summed E-state index contributed by atoms with van der Waals surface area (Å²) in [5.74, 6) is -0.543. The fourth-order valence-electron chi connectivity index (χ4n) is 1.12. The highest BCUT2D eigenvalue weighted by molar-refractivity contribution is 14.1. The van der Waals surface area contributed by atoms with Crippen LogP contribution in [0, 0.1) is 22.0 Å². The maximum absolute atomic E-state index is 12.1. The number of nitrogens with zero attached hydrogens (tertiary/aromatic N) is 2. The number of hydrogen-bond donors (Lipinski definition) is 0. The van der Waals surface area contributed by atoms with E-state index in [9.17, 15) is 13.2 Å². The molecular weight excluding hydrogens is 336 g/mol. The fraction of sp³-hybridized carbons (Fsp3) is 0.333. The van der Waals surface area contributed by atoms with E-state index in [1.807, 2.05) is 0 Å². The Bertz CT molecular complexity index is 440. The quantitative estimate of drug-likeness (QED) is 0.613. The molecule has 0 aromatic carbocycles. The summed E-state index contributed by atoms with van der Waals surface area (Å²) in [7, 11) is 0. The van der Waals surface area contributed by atoms with Crippen LogP contribution in [0.1, 0.15) is 11.1 Å². The van der Waals surface area contributed by atoms with Crippen molar-refractivity contribution < 1.29 is 17.9 Å². The average molecular weight is 342 g/mol. The zero-order chi connectivity index (χ0) is 12.3. The number of hydrogen-bond acceptors (Lipinski definition) is 3. The van der Waals surface area contributed by atoms with Gasteiger partial charge in [0.2, 0.25) is 5.88 Å². The molecule has 0 unspecified atom stereocenters. The molecule has 3 nitrogen and oxygen atoms in total. The third-order valence-corrected chi connectivity index (χ3v) is 2.30. The summed E-state index contributed by atoms with van der Waals surface area (Å²) in [6.45, 7) is 1.61. The first-order chi connectivity index (χ1) is 7.33. The Hall–Kier alpha value is -1.04. The van der Waals surface area contributed by atoms with E-state index in [1.165, 1.54) is 0 Å². The normalized spacial score (nSPS) is 11.0. The summed E-state index contributed by atoms with van der Waals surface area (Å²) in [5, 5.41) is 8.52. The van der Waals surface area contributed by atoms with Gasteiger partial charge in [-0.3, -0.25) is 0 Å². The summed E-state index contributed by atoms with van der Waals surface area (Å²) in [4.78, 5) is 3.63. The molecule has 0 N–H and O–H groups in total. The highest BCUT2D eigenvalue weighted by Crippen LogP contribution is 2.27. The van der Waals surface area contributed by atoms with Crippen LogP contribution in [-0.2, 0) is 6.42 Å². The number of alkyl halides is 3. The second-order valence-electron chi connectivity index (χ2n) is 2.93. The van der Waals surface area contributed by atoms with E-state index in [2.05, 4.69) is 9.72 Å². The second kappa shape index (κ2) is 4.86. The highest BCUT2D eigenvalue weighted by Gasteiger charge is 2.33. The lowest BCUT2D eigenvalue weighted by molar-refractivity contribution is -0.276. The zero-order valence-electron chi connectivity index (χ0n) is 8.10. The molecule has 1 heterocycles. The number of halogens is 4. The number of nitriles is 1. The first kappa shape index (κ1) is 13.0. The number of aryl methyl sites for hydroxylation is 1. The second-order valence-corrected chi connectivity index (χ2v) is 4.03. The third kappa shape index (κ3) is 3.52. The Kier molecular flexibility index (Phi) is 3.96. The molecule has 1 rings (SSSR count). The van der Waals surface area contributed by atoms with Crippen molar-refractivity contribution in [3.05, 3.63) is 20.9 Å². The van der Waals surface area contributed by atoms with Crippen LogP contribution < -0.4 is 4.74 Å². The number of ether oxygens (including phenoxy) is 1. The van der Waals surface area contributed by atoms with Gasteiger partial charge >= 0.3 is 6.36 Å². The molecule has 0 radical (unpaired) electrons. The van der Waals surface area contributed by atoms with Crippen LogP contribution in [0.4, 0.5) is 13.2 Å². The van der Waals surface area contributed by atoms with Crippen molar-refractivity contribution >= 4 is 22.6 Å². The first-order valence-electron chi connectivity index (χ1n) is 4.12. The molecule has 86 valence electrons. The van der Waals surface area contributed by atoms with Crippen LogP contribution >= 0.6 is 22.6 Å². The van der Waals surface area contributed by atoms with E-state index in [-0.39, 0.29) is 12.0 Å². The molecule has 0 saturated carbocycles. The van der Waals surface area contributed by atoms with Gasteiger partial charge in [0.1, 0.15) is 3.70 Å². The Morgan fingerprint density at radius 1 is 1.56 bits per heavy atom. The summed E-state index contributed by atoms with van der Waals surface area (Å²) < 4.78 is 40.4. The van der Waals surface area contributed by atoms with Crippen molar-refractivity contribution in [3.8, 4) is 11.9 Å². The zero-order valence-corrected chi connectivity index (χ0v) is 10.3. The van der Waals surface area contributed by atoms with Gasteiger partial charge in [0.15, 0.2) is 0 Å². The largest absolute Gasteiger partial charge is 0.574 e. The maximum Gasteiger partial charge on any atom is 0.574 e. The fourth-order valence-corrected chi connectivity index (χ4v) is 1.81. The monoisotopic (exact) mass is 342 g/mol. The van der Waals surface area contributed by atoms with Crippen molar-refractivity contribution in [2.45, 2.75) is 19.7 Å². The van der Waals surface area contributed by atoms with Gasteiger partial charge in [-0.1, -0.05) is 0 Å². The SMILES string of the molecule is Cc1cc(I)nc(OC(F)(F)F)c1CC#N. The molecule has 0 aliphatic heterocycles. The molecule has 1 aromatic rings. The third-order valence-electron chi connectivity index (χ3n) is 1.75. The number of aromatic nitrogens is 1. The molecule has 7 heteroatoms. The molecule has 0 fully saturated rings. The molecule has 16 heavy (non-hydrogen) atoms. The molecule has 0 atom stereocenters. The lowest BCUT2D eigenvalue weighted by Crippen LogP contribution is -2.19. The van der Waals surface area contributed by atoms with Crippen molar-refractivity contribution in [3.63, 3.8) is 0 Å². The topological polar surface area (TPSA) is 45.9 Å². The number of pyridine rings is 1. The van der Waals surface area contributed by atoms with Gasteiger partial charge in [-0.2, -0.15) is 5.26 Å². The van der Waals surface area contributed by atoms with Crippen LogP contribution in [-0.4, -0.2) is 11.3 Å². The van der Waals surface area contributed by atoms with Gasteiger partial charge in [0, 0.05) is 5.56 Å². The van der Waals surface area contributed by atoms with Crippen LogP contribution in [0.15, 0.2) is 6.07 Å².